The molecule has 0 heterocycles. The fourth-order valence-corrected chi connectivity index (χ4v) is 5.83. The van der Waals surface area contributed by atoms with Crippen molar-refractivity contribution in [3.05, 3.63) is 106 Å². The van der Waals surface area contributed by atoms with E-state index in [0.717, 1.165) is 10.8 Å². The highest BCUT2D eigenvalue weighted by Gasteiger charge is 2.36. The molecule has 7 nitrogen and oxygen atoms in total. The summed E-state index contributed by atoms with van der Waals surface area (Å²) in [5.74, 6) is -0.309. The number of hydrogen-bond donors (Lipinski definition) is 4. The van der Waals surface area contributed by atoms with Gasteiger partial charge in [-0.15, -0.1) is 0 Å². The van der Waals surface area contributed by atoms with E-state index in [1.165, 1.54) is 6.08 Å². The minimum Gasteiger partial charge on any atom is -0.506 e. The van der Waals surface area contributed by atoms with Crippen molar-refractivity contribution < 1.29 is 19.4 Å². The van der Waals surface area contributed by atoms with Gasteiger partial charge in [-0.3, -0.25) is 10.1 Å². The lowest BCUT2D eigenvalue weighted by Crippen LogP contribution is -2.29. The molecule has 2 amide bonds. The number of hydrogen-bond acceptors (Lipinski definition) is 5. The lowest BCUT2D eigenvalue weighted by Gasteiger charge is -2.34. The number of amides is 2. The molecule has 4 aromatic carbocycles. The van der Waals surface area contributed by atoms with Crippen LogP contribution in [0.15, 0.2) is 100.0 Å². The van der Waals surface area contributed by atoms with Crippen molar-refractivity contribution in [2.24, 2.45) is 5.41 Å². The molecule has 41 heavy (non-hydrogen) atoms. The zero-order valence-electron chi connectivity index (χ0n) is 22.7. The predicted octanol–water partition coefficient (Wildman–Crippen LogP) is 8.94. The Labute approximate surface area is 256 Å². The van der Waals surface area contributed by atoms with Crippen LogP contribution in [0.4, 0.5) is 21.9 Å². The first-order chi connectivity index (χ1) is 19.5. The third-order valence-corrected chi connectivity index (χ3v) is 7.81. The van der Waals surface area contributed by atoms with Crippen LogP contribution < -0.4 is 16.4 Å². The number of carbonyl (C=O) groups is 2. The van der Waals surface area contributed by atoms with Crippen molar-refractivity contribution in [3.8, 4) is 5.75 Å². The number of nitrogens with two attached hydrogens (primary N) is 1. The Balaban J connectivity index is 1.52. The maximum atomic E-state index is 13.3. The lowest BCUT2D eigenvalue weighted by molar-refractivity contribution is -0.111. The first-order valence-corrected chi connectivity index (χ1v) is 14.6. The van der Waals surface area contributed by atoms with Crippen molar-refractivity contribution in [1.29, 1.82) is 0 Å². The van der Waals surface area contributed by atoms with Gasteiger partial charge in [-0.2, -0.15) is 0 Å². The number of rotatable bonds is 9. The zero-order valence-corrected chi connectivity index (χ0v) is 25.8. The van der Waals surface area contributed by atoms with Crippen molar-refractivity contribution in [1.82, 2.24) is 0 Å². The number of phenols is 1. The molecule has 0 unspecified atom stereocenters. The van der Waals surface area contributed by atoms with E-state index >= 15 is 0 Å². The standard InChI is InChI=1S/C32H31Br2N3O4/c1-32(2,17-8-7-16-28(38)36-27-14-6-5-13-25(27)35)30(23-18-21(33)19-24(34)29(23)39)41-31(40)37-26-15-9-11-20-10-3-4-12-22(20)26/h3-7,9-16,18-19,30,39H,8,17,35H2,1-2H3,(H,36,38)(H,37,40)/b16-7+/t30-/m0/s1. The molecule has 5 N–H and O–H groups in total. The van der Waals surface area contributed by atoms with E-state index in [1.807, 2.05) is 56.3 Å². The fraction of sp³-hybridized carbons (Fsp3) is 0.188. The molecule has 9 heteroatoms. The van der Waals surface area contributed by atoms with E-state index in [9.17, 15) is 14.7 Å². The molecule has 1 atom stereocenters. The average Bonchev–Trinajstić information content (AvgIpc) is 2.93. The maximum absolute atomic E-state index is 13.3. The molecule has 0 bridgehead atoms. The molecule has 4 aromatic rings. The van der Waals surface area contributed by atoms with Crippen LogP contribution in [0.1, 0.15) is 38.4 Å². The number of allylic oxidation sites excluding steroid dienone is 1. The van der Waals surface area contributed by atoms with Gasteiger partial charge in [-0.1, -0.05) is 84.4 Å². The van der Waals surface area contributed by atoms with Crippen molar-refractivity contribution in [3.63, 3.8) is 0 Å². The summed E-state index contributed by atoms with van der Waals surface area (Å²) in [5.41, 5.74) is 7.37. The number of para-hydroxylation sites is 2. The van der Waals surface area contributed by atoms with Crippen molar-refractivity contribution >= 4 is 71.7 Å². The first-order valence-electron chi connectivity index (χ1n) is 13.0. The van der Waals surface area contributed by atoms with Gasteiger partial charge in [0.15, 0.2) is 0 Å². The van der Waals surface area contributed by atoms with Gasteiger partial charge in [-0.25, -0.2) is 4.79 Å². The lowest BCUT2D eigenvalue weighted by atomic mass is 9.78. The zero-order chi connectivity index (χ0) is 29.6. The molecule has 0 spiro atoms. The summed E-state index contributed by atoms with van der Waals surface area (Å²) >= 11 is 6.87. The number of aromatic hydroxyl groups is 1. The first kappa shape index (κ1) is 30.1. The van der Waals surface area contributed by atoms with Gasteiger partial charge >= 0.3 is 6.09 Å². The molecular formula is C32H31Br2N3O4. The minimum absolute atomic E-state index is 0.0143. The Hall–Kier alpha value is -3.82. The topological polar surface area (TPSA) is 114 Å². The summed E-state index contributed by atoms with van der Waals surface area (Å²) in [7, 11) is 0. The smallest absolute Gasteiger partial charge is 0.412 e. The van der Waals surface area contributed by atoms with Crippen LogP contribution in [0.3, 0.4) is 0 Å². The number of carbonyl (C=O) groups excluding carboxylic acids is 2. The monoisotopic (exact) mass is 679 g/mol. The Morgan fingerprint density at radius 2 is 1.66 bits per heavy atom. The van der Waals surface area contributed by atoms with Gasteiger partial charge in [0.2, 0.25) is 5.91 Å². The Morgan fingerprint density at radius 3 is 2.44 bits per heavy atom. The largest absolute Gasteiger partial charge is 0.506 e. The minimum atomic E-state index is -0.822. The molecule has 0 radical (unpaired) electrons. The second-order valence-corrected chi connectivity index (χ2v) is 12.0. The van der Waals surface area contributed by atoms with Gasteiger partial charge < -0.3 is 20.9 Å². The molecule has 0 saturated heterocycles. The third-order valence-electron chi connectivity index (χ3n) is 6.74. The highest BCUT2D eigenvalue weighted by Crippen LogP contribution is 2.46. The van der Waals surface area contributed by atoms with Crippen LogP contribution in [-0.4, -0.2) is 17.1 Å². The summed E-state index contributed by atoms with van der Waals surface area (Å²) in [6, 6.07) is 23.9. The number of fused-ring (bicyclic) bond motifs is 1. The third kappa shape index (κ3) is 7.68. The highest BCUT2D eigenvalue weighted by molar-refractivity contribution is 9.11. The summed E-state index contributed by atoms with van der Waals surface area (Å²) in [5, 5.41) is 18.5. The van der Waals surface area contributed by atoms with Crippen LogP contribution >= 0.6 is 31.9 Å². The van der Waals surface area contributed by atoms with Gasteiger partial charge in [0, 0.05) is 20.8 Å². The van der Waals surface area contributed by atoms with Gasteiger partial charge in [-0.05, 0) is 70.6 Å². The Morgan fingerprint density at radius 1 is 0.976 bits per heavy atom. The van der Waals surface area contributed by atoms with E-state index in [0.29, 0.717) is 44.4 Å². The number of ether oxygens (including phenoxy) is 1. The van der Waals surface area contributed by atoms with E-state index in [2.05, 4.69) is 42.5 Å². The van der Waals surface area contributed by atoms with Gasteiger partial charge in [0.1, 0.15) is 11.9 Å². The van der Waals surface area contributed by atoms with Crippen molar-refractivity contribution in [2.75, 3.05) is 16.4 Å². The molecular weight excluding hydrogens is 650 g/mol. The number of nitrogen functional groups attached to an aromatic ring is 1. The number of benzene rings is 4. The van der Waals surface area contributed by atoms with Crippen LogP contribution in [-0.2, 0) is 9.53 Å². The molecule has 0 aliphatic carbocycles. The van der Waals surface area contributed by atoms with E-state index < -0.39 is 17.6 Å². The predicted molar refractivity (Wildman–Crippen MR) is 172 cm³/mol. The van der Waals surface area contributed by atoms with Crippen LogP contribution in [0.2, 0.25) is 0 Å². The average molecular weight is 681 g/mol. The highest BCUT2D eigenvalue weighted by atomic mass is 79.9. The normalized spacial score (nSPS) is 12.3. The van der Waals surface area contributed by atoms with Crippen LogP contribution in [0.25, 0.3) is 10.8 Å². The molecule has 212 valence electrons. The number of nitrogens with one attached hydrogen (secondary N) is 2. The van der Waals surface area contributed by atoms with Crippen molar-refractivity contribution in [2.45, 2.75) is 32.8 Å². The summed E-state index contributed by atoms with van der Waals surface area (Å²) < 4.78 is 7.23. The molecule has 0 fully saturated rings. The van der Waals surface area contributed by atoms with E-state index in [-0.39, 0.29) is 11.7 Å². The molecule has 0 aromatic heterocycles. The fourth-order valence-electron chi connectivity index (χ4n) is 4.57. The van der Waals surface area contributed by atoms with Gasteiger partial charge in [0.25, 0.3) is 0 Å². The van der Waals surface area contributed by atoms with Crippen LogP contribution in [0.5, 0.6) is 5.75 Å². The molecule has 0 aliphatic heterocycles. The Kier molecular flexibility index (Phi) is 9.73. The number of phenolic OH excluding ortho intramolecular Hbond substituents is 1. The Bertz CT molecular complexity index is 1600. The molecule has 4 rings (SSSR count). The second-order valence-electron chi connectivity index (χ2n) is 10.3. The second kappa shape index (κ2) is 13.2. The van der Waals surface area contributed by atoms with Gasteiger partial charge in [0.05, 0.1) is 21.5 Å². The summed E-state index contributed by atoms with van der Waals surface area (Å²) in [6.07, 6.45) is 2.81. The quantitative estimate of drug-likeness (QED) is 0.104. The SMILES string of the molecule is CC(C)(CC/C=C/C(=O)Nc1ccccc1N)[C@@H](OC(=O)Nc1cccc2ccccc12)c1cc(Br)cc(Br)c1O. The molecule has 0 saturated carbocycles. The maximum Gasteiger partial charge on any atom is 0.412 e. The number of anilines is 3. The summed E-state index contributed by atoms with van der Waals surface area (Å²) in [4.78, 5) is 25.7. The van der Waals surface area contributed by atoms with Crippen LogP contribution in [0, 0.1) is 5.41 Å². The summed E-state index contributed by atoms with van der Waals surface area (Å²) in [6.45, 7) is 3.91. The van der Waals surface area contributed by atoms with E-state index in [1.54, 1.807) is 42.5 Å². The molecule has 0 aliphatic rings. The number of halogens is 2. The van der Waals surface area contributed by atoms with E-state index in [4.69, 9.17) is 10.5 Å².